The molecule has 3 aromatic heterocycles. The Balaban J connectivity index is 1.65. The summed E-state index contributed by atoms with van der Waals surface area (Å²) in [5.41, 5.74) is 3.19. The van der Waals surface area contributed by atoms with Gasteiger partial charge < -0.3 is 4.57 Å². The van der Waals surface area contributed by atoms with Crippen molar-refractivity contribution in [2.45, 2.75) is 10.9 Å². The monoisotopic (exact) mass is 356 g/mol. The Morgan fingerprint density at radius 1 is 1.17 bits per heavy atom. The van der Waals surface area contributed by atoms with Gasteiger partial charge in [0.05, 0.1) is 16.7 Å². The van der Waals surface area contributed by atoms with Gasteiger partial charge in [-0.25, -0.2) is 9.97 Å². The average Bonchev–Trinajstić information content (AvgIpc) is 2.88. The lowest BCUT2D eigenvalue weighted by Crippen LogP contribution is -2.14. The Morgan fingerprint density at radius 2 is 2.04 bits per heavy atom. The van der Waals surface area contributed by atoms with Crippen molar-refractivity contribution in [3.8, 4) is 0 Å². The molecule has 0 atom stereocenters. The van der Waals surface area contributed by atoms with E-state index in [0.29, 0.717) is 16.4 Å². The summed E-state index contributed by atoms with van der Waals surface area (Å²) >= 11 is 7.57. The number of aryl methyl sites for hydroxylation is 1. The van der Waals surface area contributed by atoms with Gasteiger partial charge in [-0.3, -0.25) is 9.20 Å². The second-order valence-corrected chi connectivity index (χ2v) is 6.77. The SMILES string of the molecule is Cn1c(SCc2cc(=O)n3ccccc3n2)nc2cc(Cl)ccc21. The van der Waals surface area contributed by atoms with Crippen molar-refractivity contribution in [3.63, 3.8) is 0 Å². The minimum absolute atomic E-state index is 0.0759. The molecule has 0 spiro atoms. The van der Waals surface area contributed by atoms with Gasteiger partial charge in [-0.2, -0.15) is 0 Å². The van der Waals surface area contributed by atoms with Crippen LogP contribution in [0, 0.1) is 0 Å². The van der Waals surface area contributed by atoms with Crippen molar-refractivity contribution < 1.29 is 0 Å². The number of rotatable bonds is 3. The second-order valence-electron chi connectivity index (χ2n) is 5.39. The molecular weight excluding hydrogens is 344 g/mol. The first-order valence-electron chi connectivity index (χ1n) is 7.34. The van der Waals surface area contributed by atoms with Crippen LogP contribution in [-0.2, 0) is 12.8 Å². The van der Waals surface area contributed by atoms with Gasteiger partial charge in [-0.1, -0.05) is 29.4 Å². The van der Waals surface area contributed by atoms with Crippen LogP contribution in [0.2, 0.25) is 5.02 Å². The highest BCUT2D eigenvalue weighted by Crippen LogP contribution is 2.26. The van der Waals surface area contributed by atoms with Crippen molar-refractivity contribution in [1.82, 2.24) is 18.9 Å². The lowest BCUT2D eigenvalue weighted by Gasteiger charge is -2.04. The molecule has 120 valence electrons. The van der Waals surface area contributed by atoms with E-state index in [1.807, 2.05) is 48.0 Å². The van der Waals surface area contributed by atoms with Crippen LogP contribution in [0.1, 0.15) is 5.69 Å². The van der Waals surface area contributed by atoms with Crippen LogP contribution < -0.4 is 5.56 Å². The zero-order chi connectivity index (χ0) is 16.7. The van der Waals surface area contributed by atoms with Crippen molar-refractivity contribution in [2.24, 2.45) is 7.05 Å². The molecule has 0 saturated heterocycles. The second kappa shape index (κ2) is 5.96. The van der Waals surface area contributed by atoms with E-state index >= 15 is 0 Å². The third-order valence-electron chi connectivity index (χ3n) is 3.78. The molecule has 0 radical (unpaired) electrons. The summed E-state index contributed by atoms with van der Waals surface area (Å²) in [7, 11) is 1.97. The van der Waals surface area contributed by atoms with Gasteiger partial charge in [0.25, 0.3) is 5.56 Å². The number of fused-ring (bicyclic) bond motifs is 2. The number of hydrogen-bond acceptors (Lipinski definition) is 4. The predicted molar refractivity (Wildman–Crippen MR) is 96.7 cm³/mol. The van der Waals surface area contributed by atoms with Crippen LogP contribution in [0.15, 0.2) is 58.6 Å². The Labute approximate surface area is 146 Å². The molecule has 7 heteroatoms. The number of hydrogen-bond donors (Lipinski definition) is 0. The third-order valence-corrected chi connectivity index (χ3v) is 5.07. The van der Waals surface area contributed by atoms with Crippen LogP contribution in [-0.4, -0.2) is 18.9 Å². The van der Waals surface area contributed by atoms with Gasteiger partial charge in [0, 0.05) is 30.1 Å². The first-order chi connectivity index (χ1) is 11.6. The summed E-state index contributed by atoms with van der Waals surface area (Å²) in [5, 5.41) is 1.53. The normalized spacial score (nSPS) is 11.4. The van der Waals surface area contributed by atoms with Crippen LogP contribution in [0.5, 0.6) is 0 Å². The standard InChI is InChI=1S/C17H13ClN4OS/c1-21-14-6-5-11(18)8-13(14)20-17(21)24-10-12-9-16(23)22-7-3-2-4-15(22)19-12/h2-9H,10H2,1H3. The molecule has 0 bridgehead atoms. The van der Waals surface area contributed by atoms with Gasteiger partial charge >= 0.3 is 0 Å². The lowest BCUT2D eigenvalue weighted by atomic mass is 10.3. The number of thioether (sulfide) groups is 1. The Kier molecular flexibility index (Phi) is 3.78. The molecule has 4 aromatic rings. The fourth-order valence-electron chi connectivity index (χ4n) is 2.60. The lowest BCUT2D eigenvalue weighted by molar-refractivity contribution is 0.814. The van der Waals surface area contributed by atoms with Crippen LogP contribution in [0.4, 0.5) is 0 Å². The molecule has 4 rings (SSSR count). The smallest absolute Gasteiger partial charge is 0.258 e. The Hall–Kier alpha value is -2.31. The van der Waals surface area contributed by atoms with Crippen molar-refractivity contribution in [3.05, 3.63) is 69.7 Å². The molecule has 1 aromatic carbocycles. The quantitative estimate of drug-likeness (QED) is 0.527. The van der Waals surface area contributed by atoms with Crippen molar-refractivity contribution in [1.29, 1.82) is 0 Å². The zero-order valence-electron chi connectivity index (χ0n) is 12.8. The number of benzene rings is 1. The third kappa shape index (κ3) is 2.68. The highest BCUT2D eigenvalue weighted by atomic mass is 35.5. The fourth-order valence-corrected chi connectivity index (χ4v) is 3.64. The van der Waals surface area contributed by atoms with E-state index in [2.05, 4.69) is 9.97 Å². The molecule has 0 amide bonds. The minimum Gasteiger partial charge on any atom is -0.322 e. The molecule has 5 nitrogen and oxygen atoms in total. The fraction of sp³-hybridized carbons (Fsp3) is 0.118. The minimum atomic E-state index is -0.0759. The summed E-state index contributed by atoms with van der Waals surface area (Å²) in [6.45, 7) is 0. The molecule has 0 saturated carbocycles. The zero-order valence-corrected chi connectivity index (χ0v) is 14.4. The molecule has 0 aliphatic heterocycles. The molecule has 0 N–H and O–H groups in total. The first-order valence-corrected chi connectivity index (χ1v) is 8.70. The van der Waals surface area contributed by atoms with Gasteiger partial charge in [-0.05, 0) is 30.3 Å². The topological polar surface area (TPSA) is 52.2 Å². The summed E-state index contributed by atoms with van der Waals surface area (Å²) in [6, 6.07) is 12.7. The Morgan fingerprint density at radius 3 is 2.92 bits per heavy atom. The van der Waals surface area contributed by atoms with E-state index < -0.39 is 0 Å². The summed E-state index contributed by atoms with van der Waals surface area (Å²) in [5.74, 6) is 0.575. The highest BCUT2D eigenvalue weighted by molar-refractivity contribution is 7.98. The highest BCUT2D eigenvalue weighted by Gasteiger charge is 2.10. The maximum atomic E-state index is 12.1. The molecule has 0 fully saturated rings. The number of nitrogens with zero attached hydrogens (tertiary/aromatic N) is 4. The summed E-state index contributed by atoms with van der Waals surface area (Å²) < 4.78 is 3.55. The maximum Gasteiger partial charge on any atom is 0.258 e. The summed E-state index contributed by atoms with van der Waals surface area (Å²) in [6.07, 6.45) is 1.72. The molecule has 0 aliphatic carbocycles. The molecule has 0 aliphatic rings. The Bertz CT molecular complexity index is 1120. The number of pyridine rings is 1. The van der Waals surface area contributed by atoms with Crippen molar-refractivity contribution >= 4 is 40.0 Å². The predicted octanol–water partition coefficient (Wildman–Crippen LogP) is 3.53. The van der Waals surface area contributed by atoms with E-state index in [1.54, 1.807) is 24.0 Å². The van der Waals surface area contributed by atoms with Gasteiger partial charge in [-0.15, -0.1) is 0 Å². The van der Waals surface area contributed by atoms with Gasteiger partial charge in [0.2, 0.25) is 0 Å². The van der Waals surface area contributed by atoms with E-state index in [0.717, 1.165) is 21.9 Å². The van der Waals surface area contributed by atoms with Gasteiger partial charge in [0.15, 0.2) is 5.16 Å². The van der Waals surface area contributed by atoms with Crippen LogP contribution in [0.3, 0.4) is 0 Å². The number of halogens is 1. The van der Waals surface area contributed by atoms with Crippen LogP contribution in [0.25, 0.3) is 16.7 Å². The number of imidazole rings is 1. The molecule has 0 unspecified atom stereocenters. The first kappa shape index (κ1) is 15.2. The summed E-state index contributed by atoms with van der Waals surface area (Å²) in [4.78, 5) is 21.3. The van der Waals surface area contributed by atoms with E-state index in [-0.39, 0.29) is 5.56 Å². The molecule has 24 heavy (non-hydrogen) atoms. The van der Waals surface area contributed by atoms with Gasteiger partial charge in [0.1, 0.15) is 5.65 Å². The average molecular weight is 357 g/mol. The van der Waals surface area contributed by atoms with Crippen molar-refractivity contribution in [2.75, 3.05) is 0 Å². The largest absolute Gasteiger partial charge is 0.322 e. The number of aromatic nitrogens is 4. The van der Waals surface area contributed by atoms with E-state index in [1.165, 1.54) is 4.40 Å². The maximum absolute atomic E-state index is 12.1. The molecule has 3 heterocycles. The molecular formula is C17H13ClN4OS. The van der Waals surface area contributed by atoms with E-state index in [9.17, 15) is 4.79 Å². The van der Waals surface area contributed by atoms with Crippen LogP contribution >= 0.6 is 23.4 Å². The van der Waals surface area contributed by atoms with E-state index in [4.69, 9.17) is 11.6 Å².